The van der Waals surface area contributed by atoms with Crippen molar-refractivity contribution in [3.05, 3.63) is 0 Å². The molecular formula is C13H27N3O3S. The maximum Gasteiger partial charge on any atom is 0.314 e. The molecule has 2 N–H and O–H groups in total. The van der Waals surface area contributed by atoms with E-state index in [2.05, 4.69) is 31.4 Å². The summed E-state index contributed by atoms with van der Waals surface area (Å²) in [7, 11) is -3.10. The predicted molar refractivity (Wildman–Crippen MR) is 80.0 cm³/mol. The lowest BCUT2D eigenvalue weighted by molar-refractivity contribution is 0.231. The van der Waals surface area contributed by atoms with Crippen LogP contribution in [-0.2, 0) is 10.0 Å². The normalized spacial score (nSPS) is 20.9. The predicted octanol–water partition coefficient (Wildman–Crippen LogP) is 1.00. The van der Waals surface area contributed by atoms with Gasteiger partial charge in [-0.25, -0.2) is 17.5 Å². The zero-order valence-corrected chi connectivity index (χ0v) is 13.7. The van der Waals surface area contributed by atoms with E-state index in [0.29, 0.717) is 26.2 Å². The Labute approximate surface area is 122 Å². The summed E-state index contributed by atoms with van der Waals surface area (Å²) in [6, 6.07) is -0.177. The minimum absolute atomic E-state index is 0.0950. The molecule has 1 aliphatic heterocycles. The molecule has 1 atom stereocenters. The lowest BCUT2D eigenvalue weighted by Gasteiger charge is -2.23. The van der Waals surface area contributed by atoms with Gasteiger partial charge in [0.2, 0.25) is 10.0 Å². The van der Waals surface area contributed by atoms with E-state index in [1.165, 1.54) is 10.6 Å². The SMILES string of the molecule is CCC(C)(C)CNC(=O)NC[C@@H]1CCN(S(C)(=O)=O)C1. The summed E-state index contributed by atoms with van der Waals surface area (Å²) in [4.78, 5) is 11.7. The van der Waals surface area contributed by atoms with Crippen molar-refractivity contribution >= 4 is 16.1 Å². The molecule has 1 heterocycles. The largest absolute Gasteiger partial charge is 0.338 e. The van der Waals surface area contributed by atoms with Crippen molar-refractivity contribution in [3.8, 4) is 0 Å². The van der Waals surface area contributed by atoms with Crippen LogP contribution in [0.3, 0.4) is 0 Å². The number of carbonyl (C=O) groups is 1. The van der Waals surface area contributed by atoms with E-state index in [1.807, 2.05) is 0 Å². The van der Waals surface area contributed by atoms with Gasteiger partial charge >= 0.3 is 6.03 Å². The molecule has 20 heavy (non-hydrogen) atoms. The van der Waals surface area contributed by atoms with Crippen molar-refractivity contribution in [1.82, 2.24) is 14.9 Å². The van der Waals surface area contributed by atoms with Gasteiger partial charge in [-0.15, -0.1) is 0 Å². The Bertz CT molecular complexity index is 434. The first-order valence-corrected chi connectivity index (χ1v) is 8.96. The highest BCUT2D eigenvalue weighted by molar-refractivity contribution is 7.88. The van der Waals surface area contributed by atoms with Crippen LogP contribution in [0.2, 0.25) is 0 Å². The van der Waals surface area contributed by atoms with E-state index in [1.54, 1.807) is 0 Å². The van der Waals surface area contributed by atoms with E-state index in [9.17, 15) is 13.2 Å². The summed E-state index contributed by atoms with van der Waals surface area (Å²) in [6.45, 7) is 8.51. The molecule has 1 aliphatic rings. The summed E-state index contributed by atoms with van der Waals surface area (Å²) >= 11 is 0. The fourth-order valence-corrected chi connectivity index (χ4v) is 2.93. The van der Waals surface area contributed by atoms with Crippen molar-refractivity contribution in [2.24, 2.45) is 11.3 Å². The minimum Gasteiger partial charge on any atom is -0.338 e. The number of hydrogen-bond acceptors (Lipinski definition) is 3. The molecule has 0 aromatic carbocycles. The van der Waals surface area contributed by atoms with E-state index in [-0.39, 0.29) is 17.4 Å². The Balaban J connectivity index is 2.26. The summed E-state index contributed by atoms with van der Waals surface area (Å²) in [5, 5.41) is 5.68. The van der Waals surface area contributed by atoms with Crippen LogP contribution >= 0.6 is 0 Å². The van der Waals surface area contributed by atoms with E-state index >= 15 is 0 Å². The Morgan fingerprint density at radius 3 is 2.50 bits per heavy atom. The third kappa shape index (κ3) is 5.66. The fraction of sp³-hybridized carbons (Fsp3) is 0.923. The highest BCUT2D eigenvalue weighted by atomic mass is 32.2. The van der Waals surface area contributed by atoms with Crippen LogP contribution in [0.5, 0.6) is 0 Å². The third-order valence-corrected chi connectivity index (χ3v) is 5.22. The number of nitrogens with zero attached hydrogens (tertiary/aromatic N) is 1. The molecule has 0 bridgehead atoms. The van der Waals surface area contributed by atoms with Gasteiger partial charge in [-0.1, -0.05) is 20.8 Å². The van der Waals surface area contributed by atoms with Gasteiger partial charge in [0, 0.05) is 26.2 Å². The summed E-state index contributed by atoms with van der Waals surface area (Å²) in [5.41, 5.74) is 0.0950. The lowest BCUT2D eigenvalue weighted by atomic mass is 9.90. The van der Waals surface area contributed by atoms with Crippen LogP contribution in [0.1, 0.15) is 33.6 Å². The molecule has 1 saturated heterocycles. The number of amides is 2. The highest BCUT2D eigenvalue weighted by Crippen LogP contribution is 2.18. The topological polar surface area (TPSA) is 78.5 Å². The Morgan fingerprint density at radius 2 is 2.00 bits per heavy atom. The van der Waals surface area contributed by atoms with E-state index < -0.39 is 10.0 Å². The number of nitrogens with one attached hydrogen (secondary N) is 2. The van der Waals surface area contributed by atoms with Crippen molar-refractivity contribution in [2.75, 3.05) is 32.4 Å². The van der Waals surface area contributed by atoms with Gasteiger partial charge in [0.1, 0.15) is 0 Å². The maximum atomic E-state index is 11.7. The molecule has 0 unspecified atom stereocenters. The van der Waals surface area contributed by atoms with E-state index in [0.717, 1.165) is 12.8 Å². The van der Waals surface area contributed by atoms with Crippen LogP contribution in [0.4, 0.5) is 4.79 Å². The molecule has 1 rings (SSSR count). The fourth-order valence-electron chi connectivity index (χ4n) is 2.01. The lowest BCUT2D eigenvalue weighted by Crippen LogP contribution is -2.42. The maximum absolute atomic E-state index is 11.7. The van der Waals surface area contributed by atoms with Crippen LogP contribution in [-0.4, -0.2) is 51.2 Å². The molecule has 118 valence electrons. The van der Waals surface area contributed by atoms with Gasteiger partial charge in [-0.05, 0) is 24.2 Å². The first kappa shape index (κ1) is 17.2. The molecular weight excluding hydrogens is 278 g/mol. The monoisotopic (exact) mass is 305 g/mol. The second-order valence-electron chi connectivity index (χ2n) is 6.36. The Morgan fingerprint density at radius 1 is 1.35 bits per heavy atom. The second-order valence-corrected chi connectivity index (χ2v) is 8.34. The van der Waals surface area contributed by atoms with Crippen LogP contribution in [0, 0.1) is 11.3 Å². The average molecular weight is 305 g/mol. The van der Waals surface area contributed by atoms with Crippen molar-refractivity contribution in [1.29, 1.82) is 0 Å². The van der Waals surface area contributed by atoms with Gasteiger partial charge in [0.05, 0.1) is 6.26 Å². The average Bonchev–Trinajstić information content (AvgIpc) is 2.82. The molecule has 0 aromatic rings. The smallest absolute Gasteiger partial charge is 0.314 e. The number of hydrogen-bond donors (Lipinski definition) is 2. The highest BCUT2D eigenvalue weighted by Gasteiger charge is 2.28. The van der Waals surface area contributed by atoms with Crippen LogP contribution in [0.15, 0.2) is 0 Å². The molecule has 7 heteroatoms. The van der Waals surface area contributed by atoms with Crippen molar-refractivity contribution in [2.45, 2.75) is 33.6 Å². The van der Waals surface area contributed by atoms with Crippen LogP contribution in [0.25, 0.3) is 0 Å². The number of carbonyl (C=O) groups excluding carboxylic acids is 1. The molecule has 0 spiro atoms. The summed E-state index contributed by atoms with van der Waals surface area (Å²) in [6.07, 6.45) is 3.02. The zero-order chi connectivity index (χ0) is 15.4. The van der Waals surface area contributed by atoms with Gasteiger partial charge in [-0.3, -0.25) is 0 Å². The Hall–Kier alpha value is -0.820. The molecule has 1 fully saturated rings. The molecule has 0 radical (unpaired) electrons. The molecule has 2 amide bonds. The Kier molecular flexibility index (Phi) is 5.82. The molecule has 0 aliphatic carbocycles. The third-order valence-electron chi connectivity index (χ3n) is 3.95. The van der Waals surface area contributed by atoms with Crippen molar-refractivity contribution in [3.63, 3.8) is 0 Å². The summed E-state index contributed by atoms with van der Waals surface area (Å²) in [5.74, 6) is 0.203. The van der Waals surface area contributed by atoms with Gasteiger partial charge in [0.25, 0.3) is 0 Å². The number of sulfonamides is 1. The molecule has 0 saturated carbocycles. The quantitative estimate of drug-likeness (QED) is 0.768. The summed E-state index contributed by atoms with van der Waals surface area (Å²) < 4.78 is 24.2. The van der Waals surface area contributed by atoms with Gasteiger partial charge < -0.3 is 10.6 Å². The van der Waals surface area contributed by atoms with E-state index in [4.69, 9.17) is 0 Å². The van der Waals surface area contributed by atoms with Crippen LogP contribution < -0.4 is 10.6 Å². The minimum atomic E-state index is -3.10. The van der Waals surface area contributed by atoms with Gasteiger partial charge in [0.15, 0.2) is 0 Å². The number of urea groups is 1. The molecule has 0 aromatic heterocycles. The first-order valence-electron chi connectivity index (χ1n) is 7.11. The zero-order valence-electron chi connectivity index (χ0n) is 12.9. The second kappa shape index (κ2) is 6.76. The first-order chi connectivity index (χ1) is 9.14. The number of rotatable bonds is 6. The molecule has 6 nitrogen and oxygen atoms in total. The van der Waals surface area contributed by atoms with Gasteiger partial charge in [-0.2, -0.15) is 0 Å². The standard InChI is InChI=1S/C13H27N3O3S/c1-5-13(2,3)10-15-12(17)14-8-11-6-7-16(9-11)20(4,18)19/h11H,5-10H2,1-4H3,(H2,14,15,17)/t11-/m0/s1. The van der Waals surface area contributed by atoms with Crippen molar-refractivity contribution < 1.29 is 13.2 Å².